The molecule has 0 radical (unpaired) electrons. The zero-order valence-corrected chi connectivity index (χ0v) is 10.7. The average Bonchev–Trinajstić information content (AvgIpc) is 2.77. The molecule has 0 saturated carbocycles. The fourth-order valence-corrected chi connectivity index (χ4v) is 2.02. The fraction of sp³-hybridized carbons (Fsp3) is 0.500. The van der Waals surface area contributed by atoms with Crippen LogP contribution in [0, 0.1) is 5.82 Å². The quantitative estimate of drug-likeness (QED) is 0.732. The lowest BCUT2D eigenvalue weighted by Crippen LogP contribution is -2.33. The molecule has 0 aliphatic carbocycles. The highest BCUT2D eigenvalue weighted by Gasteiger charge is 2.25. The van der Waals surface area contributed by atoms with Crippen molar-refractivity contribution >= 4 is 5.91 Å². The molecule has 0 aromatic heterocycles. The molecule has 0 N–H and O–H groups in total. The van der Waals surface area contributed by atoms with Gasteiger partial charge in [0.25, 0.3) is 5.91 Å². The molecule has 1 aromatic carbocycles. The Labute approximate surface area is 102 Å². The second-order valence-electron chi connectivity index (χ2n) is 4.00. The zero-order valence-electron chi connectivity index (χ0n) is 10.7. The predicted molar refractivity (Wildman–Crippen MR) is 67.5 cm³/mol. The van der Waals surface area contributed by atoms with Gasteiger partial charge in [0.1, 0.15) is 5.82 Å². The van der Waals surface area contributed by atoms with Crippen LogP contribution in [0.5, 0.6) is 0 Å². The zero-order chi connectivity index (χ0) is 12.8. The summed E-state index contributed by atoms with van der Waals surface area (Å²) >= 11 is 0. The Morgan fingerprint density at radius 2 is 2.12 bits per heavy atom. The van der Waals surface area contributed by atoms with Crippen LogP contribution in [0.4, 0.5) is 4.39 Å². The first kappa shape index (κ1) is 13.7. The van der Waals surface area contributed by atoms with E-state index in [2.05, 4.69) is 0 Å². The minimum atomic E-state index is -0.354. The van der Waals surface area contributed by atoms with Crippen LogP contribution in [-0.2, 0) is 0 Å². The van der Waals surface area contributed by atoms with Gasteiger partial charge in [-0.2, -0.15) is 0 Å². The molecular weight excluding hydrogens is 217 g/mol. The van der Waals surface area contributed by atoms with E-state index in [1.165, 1.54) is 12.1 Å². The molecule has 3 heteroatoms. The summed E-state index contributed by atoms with van der Waals surface area (Å²) in [7, 11) is 0. The van der Waals surface area contributed by atoms with Gasteiger partial charge in [0.05, 0.1) is 0 Å². The Hall–Kier alpha value is -1.38. The van der Waals surface area contributed by atoms with E-state index in [9.17, 15) is 9.18 Å². The largest absolute Gasteiger partial charge is 0.336 e. The highest BCUT2D eigenvalue weighted by atomic mass is 19.1. The molecule has 94 valence electrons. The Kier molecular flexibility index (Phi) is 5.13. The standard InChI is InChI=1S/C12H14FNO.C2H6/c1-9-4-3-7-14(9)12(15)10-5-2-6-11(13)8-10;1-2/h2,5-6,8-9H,3-4,7H2,1H3;1-2H3/t9-;/m1./s1. The summed E-state index contributed by atoms with van der Waals surface area (Å²) in [5, 5.41) is 0. The van der Waals surface area contributed by atoms with E-state index in [-0.39, 0.29) is 17.8 Å². The van der Waals surface area contributed by atoms with E-state index in [1.807, 2.05) is 25.7 Å². The van der Waals surface area contributed by atoms with Crippen molar-refractivity contribution in [3.63, 3.8) is 0 Å². The summed E-state index contributed by atoms with van der Waals surface area (Å²) in [5.41, 5.74) is 0.448. The minimum Gasteiger partial charge on any atom is -0.336 e. The van der Waals surface area contributed by atoms with Crippen LogP contribution in [0.25, 0.3) is 0 Å². The second kappa shape index (κ2) is 6.38. The van der Waals surface area contributed by atoms with Gasteiger partial charge in [-0.25, -0.2) is 4.39 Å². The first-order valence-corrected chi connectivity index (χ1v) is 6.25. The maximum atomic E-state index is 12.9. The van der Waals surface area contributed by atoms with E-state index in [0.29, 0.717) is 5.56 Å². The highest BCUT2D eigenvalue weighted by Crippen LogP contribution is 2.19. The van der Waals surface area contributed by atoms with Crippen LogP contribution >= 0.6 is 0 Å². The summed E-state index contributed by atoms with van der Waals surface area (Å²) in [6.45, 7) is 6.82. The molecule has 1 saturated heterocycles. The monoisotopic (exact) mass is 237 g/mol. The molecule has 1 amide bonds. The number of amides is 1. The van der Waals surface area contributed by atoms with Crippen LogP contribution in [0.15, 0.2) is 24.3 Å². The molecule has 2 nitrogen and oxygen atoms in total. The van der Waals surface area contributed by atoms with Crippen molar-refractivity contribution in [2.75, 3.05) is 6.54 Å². The molecule has 2 rings (SSSR count). The third-order valence-electron chi connectivity index (χ3n) is 2.89. The third-order valence-corrected chi connectivity index (χ3v) is 2.89. The van der Waals surface area contributed by atoms with Gasteiger partial charge < -0.3 is 4.90 Å². The van der Waals surface area contributed by atoms with E-state index >= 15 is 0 Å². The number of nitrogens with zero attached hydrogens (tertiary/aromatic N) is 1. The van der Waals surface area contributed by atoms with E-state index in [0.717, 1.165) is 19.4 Å². The van der Waals surface area contributed by atoms with Crippen LogP contribution in [0.3, 0.4) is 0 Å². The summed E-state index contributed by atoms with van der Waals surface area (Å²) in [4.78, 5) is 13.8. The number of hydrogen-bond acceptors (Lipinski definition) is 1. The molecular formula is C14H20FNO. The normalized spacial score (nSPS) is 18.6. The number of carbonyl (C=O) groups excluding carboxylic acids is 1. The lowest BCUT2D eigenvalue weighted by Gasteiger charge is -2.21. The number of carbonyl (C=O) groups is 1. The Morgan fingerprint density at radius 1 is 1.41 bits per heavy atom. The number of hydrogen-bond donors (Lipinski definition) is 0. The van der Waals surface area contributed by atoms with Gasteiger partial charge in [-0.1, -0.05) is 19.9 Å². The van der Waals surface area contributed by atoms with Crippen molar-refractivity contribution in [1.29, 1.82) is 0 Å². The maximum Gasteiger partial charge on any atom is 0.254 e. The lowest BCUT2D eigenvalue weighted by atomic mass is 10.2. The van der Waals surface area contributed by atoms with Crippen molar-refractivity contribution in [3.05, 3.63) is 35.6 Å². The molecule has 0 unspecified atom stereocenters. The first-order valence-electron chi connectivity index (χ1n) is 6.25. The summed E-state index contributed by atoms with van der Waals surface area (Å²) in [6.07, 6.45) is 2.09. The van der Waals surface area contributed by atoms with Gasteiger partial charge in [-0.05, 0) is 38.0 Å². The summed E-state index contributed by atoms with van der Waals surface area (Å²) < 4.78 is 12.9. The Bertz CT molecular complexity index is 378. The predicted octanol–water partition coefficient (Wildman–Crippen LogP) is 3.48. The lowest BCUT2D eigenvalue weighted by molar-refractivity contribution is 0.0747. The molecule has 1 heterocycles. The van der Waals surface area contributed by atoms with Crippen molar-refractivity contribution in [2.24, 2.45) is 0 Å². The number of halogens is 1. The molecule has 1 aromatic rings. The Balaban J connectivity index is 0.000000686. The number of rotatable bonds is 1. The second-order valence-corrected chi connectivity index (χ2v) is 4.00. The van der Waals surface area contributed by atoms with Gasteiger partial charge in [0.2, 0.25) is 0 Å². The van der Waals surface area contributed by atoms with Gasteiger partial charge in [0, 0.05) is 18.2 Å². The number of likely N-dealkylation sites (tertiary alicyclic amines) is 1. The van der Waals surface area contributed by atoms with Gasteiger partial charge in [0.15, 0.2) is 0 Å². The molecule has 0 spiro atoms. The topological polar surface area (TPSA) is 20.3 Å². The smallest absolute Gasteiger partial charge is 0.254 e. The van der Waals surface area contributed by atoms with Crippen LogP contribution < -0.4 is 0 Å². The van der Waals surface area contributed by atoms with Gasteiger partial charge >= 0.3 is 0 Å². The van der Waals surface area contributed by atoms with Crippen LogP contribution in [-0.4, -0.2) is 23.4 Å². The first-order chi connectivity index (χ1) is 8.18. The van der Waals surface area contributed by atoms with E-state index in [4.69, 9.17) is 0 Å². The van der Waals surface area contributed by atoms with Crippen molar-refractivity contribution in [1.82, 2.24) is 4.90 Å². The Morgan fingerprint density at radius 3 is 2.65 bits per heavy atom. The van der Waals surface area contributed by atoms with Crippen molar-refractivity contribution in [2.45, 2.75) is 39.7 Å². The van der Waals surface area contributed by atoms with Crippen LogP contribution in [0.1, 0.15) is 44.0 Å². The minimum absolute atomic E-state index is 0.0560. The third kappa shape index (κ3) is 3.29. The molecule has 1 aliphatic rings. The molecule has 1 fully saturated rings. The summed E-state index contributed by atoms with van der Waals surface area (Å²) in [5.74, 6) is -0.410. The van der Waals surface area contributed by atoms with E-state index in [1.54, 1.807) is 12.1 Å². The van der Waals surface area contributed by atoms with Gasteiger partial charge in [-0.3, -0.25) is 4.79 Å². The fourth-order valence-electron chi connectivity index (χ4n) is 2.02. The highest BCUT2D eigenvalue weighted by molar-refractivity contribution is 5.94. The summed E-state index contributed by atoms with van der Waals surface area (Å²) in [6, 6.07) is 6.16. The van der Waals surface area contributed by atoms with E-state index < -0.39 is 0 Å². The van der Waals surface area contributed by atoms with Crippen molar-refractivity contribution < 1.29 is 9.18 Å². The van der Waals surface area contributed by atoms with Crippen molar-refractivity contribution in [3.8, 4) is 0 Å². The SMILES string of the molecule is CC.C[C@@H]1CCCN1C(=O)c1cccc(F)c1. The molecule has 1 atom stereocenters. The molecule has 17 heavy (non-hydrogen) atoms. The molecule has 0 bridgehead atoms. The maximum absolute atomic E-state index is 12.9. The average molecular weight is 237 g/mol. The van der Waals surface area contributed by atoms with Crippen LogP contribution in [0.2, 0.25) is 0 Å². The molecule has 1 aliphatic heterocycles. The number of benzene rings is 1. The van der Waals surface area contributed by atoms with Gasteiger partial charge in [-0.15, -0.1) is 0 Å².